The first-order chi connectivity index (χ1) is 9.88. The van der Waals surface area contributed by atoms with Gasteiger partial charge in [-0.25, -0.2) is 4.79 Å². The van der Waals surface area contributed by atoms with Crippen molar-refractivity contribution in [2.45, 2.75) is 18.9 Å². The Labute approximate surface area is 126 Å². The van der Waals surface area contributed by atoms with Gasteiger partial charge in [0.05, 0.1) is 0 Å². The summed E-state index contributed by atoms with van der Waals surface area (Å²) in [7, 11) is 0. The predicted molar refractivity (Wildman–Crippen MR) is 74.9 cm³/mol. The molecule has 0 saturated carbocycles. The second kappa shape index (κ2) is 8.11. The van der Waals surface area contributed by atoms with Crippen molar-refractivity contribution >= 4 is 29.4 Å². The zero-order valence-electron chi connectivity index (χ0n) is 11.0. The Kier molecular flexibility index (Phi) is 6.48. The van der Waals surface area contributed by atoms with E-state index in [1.165, 1.54) is 6.07 Å². The van der Waals surface area contributed by atoms with Gasteiger partial charge in [-0.15, -0.1) is 0 Å². The van der Waals surface area contributed by atoms with E-state index in [1.54, 1.807) is 18.2 Å². The molecule has 0 heterocycles. The lowest BCUT2D eigenvalue weighted by molar-refractivity contribution is -0.142. The Hall–Kier alpha value is -2.28. The molecular weight excluding hydrogens is 300 g/mol. The van der Waals surface area contributed by atoms with Crippen LogP contribution in [0.15, 0.2) is 24.3 Å². The van der Waals surface area contributed by atoms with Gasteiger partial charge in [-0.2, -0.15) is 0 Å². The van der Waals surface area contributed by atoms with Gasteiger partial charge in [-0.05, 0) is 24.6 Å². The van der Waals surface area contributed by atoms with Crippen LogP contribution in [0.5, 0.6) is 5.75 Å². The van der Waals surface area contributed by atoms with E-state index in [0.29, 0.717) is 10.8 Å². The summed E-state index contributed by atoms with van der Waals surface area (Å²) in [5.74, 6) is -2.11. The van der Waals surface area contributed by atoms with Crippen molar-refractivity contribution in [3.05, 3.63) is 29.3 Å². The zero-order chi connectivity index (χ0) is 15.8. The molecule has 4 N–H and O–H groups in total. The SMILES string of the molecule is NC(=O)CC[C@@H](NC(=O)COc1cccc(Cl)c1)C(=O)O. The fourth-order valence-electron chi connectivity index (χ4n) is 1.49. The lowest BCUT2D eigenvalue weighted by Gasteiger charge is -2.14. The summed E-state index contributed by atoms with van der Waals surface area (Å²) in [6.07, 6.45) is -0.208. The molecule has 21 heavy (non-hydrogen) atoms. The van der Waals surface area contributed by atoms with Crippen molar-refractivity contribution in [2.75, 3.05) is 6.61 Å². The Balaban J connectivity index is 2.46. The van der Waals surface area contributed by atoms with Gasteiger partial charge in [-0.3, -0.25) is 9.59 Å². The summed E-state index contributed by atoms with van der Waals surface area (Å²) >= 11 is 5.75. The van der Waals surface area contributed by atoms with Gasteiger partial charge in [0, 0.05) is 11.4 Å². The highest BCUT2D eigenvalue weighted by atomic mass is 35.5. The van der Waals surface area contributed by atoms with Crippen molar-refractivity contribution < 1.29 is 24.2 Å². The molecule has 0 spiro atoms. The van der Waals surface area contributed by atoms with Gasteiger partial charge >= 0.3 is 5.97 Å². The summed E-state index contributed by atoms with van der Waals surface area (Å²) in [6, 6.07) is 5.26. The number of halogens is 1. The highest BCUT2D eigenvalue weighted by Crippen LogP contribution is 2.16. The van der Waals surface area contributed by atoms with Crippen molar-refractivity contribution in [2.24, 2.45) is 5.73 Å². The molecule has 2 amide bonds. The van der Waals surface area contributed by atoms with Crippen LogP contribution in [0.1, 0.15) is 12.8 Å². The molecule has 0 bridgehead atoms. The molecule has 1 rings (SSSR count). The standard InChI is InChI=1S/C13H15ClN2O5/c14-8-2-1-3-9(6-8)21-7-12(18)16-10(13(19)20)4-5-11(15)17/h1-3,6,10H,4-5,7H2,(H2,15,17)(H,16,18)(H,19,20)/t10-/m1/s1. The maximum absolute atomic E-state index is 11.6. The third-order valence-electron chi connectivity index (χ3n) is 2.48. The molecule has 0 aliphatic rings. The third-order valence-corrected chi connectivity index (χ3v) is 2.71. The first-order valence-corrected chi connectivity index (χ1v) is 6.45. The van der Waals surface area contributed by atoms with Crippen LogP contribution < -0.4 is 15.8 Å². The van der Waals surface area contributed by atoms with Crippen molar-refractivity contribution in [3.8, 4) is 5.75 Å². The first kappa shape index (κ1) is 16.8. The average molecular weight is 315 g/mol. The molecule has 8 heteroatoms. The number of hydrogen-bond donors (Lipinski definition) is 3. The van der Waals surface area contributed by atoms with Gasteiger partial charge in [0.1, 0.15) is 11.8 Å². The third kappa shape index (κ3) is 6.62. The summed E-state index contributed by atoms with van der Waals surface area (Å²) < 4.78 is 5.17. The molecule has 0 aliphatic carbocycles. The summed E-state index contributed by atoms with van der Waals surface area (Å²) in [6.45, 7) is -0.360. The molecule has 1 aromatic rings. The second-order valence-corrected chi connectivity index (χ2v) is 4.65. The molecule has 0 saturated heterocycles. The smallest absolute Gasteiger partial charge is 0.326 e. The second-order valence-electron chi connectivity index (χ2n) is 4.21. The Bertz CT molecular complexity index is 535. The molecule has 1 atom stereocenters. The Morgan fingerprint density at radius 3 is 2.67 bits per heavy atom. The fraction of sp³-hybridized carbons (Fsp3) is 0.308. The van der Waals surface area contributed by atoms with Gasteiger partial charge in [0.15, 0.2) is 6.61 Å². The molecular formula is C13H15ClN2O5. The van der Waals surface area contributed by atoms with E-state index in [4.69, 9.17) is 27.2 Å². The van der Waals surface area contributed by atoms with E-state index >= 15 is 0 Å². The van der Waals surface area contributed by atoms with Crippen LogP contribution >= 0.6 is 11.6 Å². The summed E-state index contributed by atoms with van der Waals surface area (Å²) in [4.78, 5) is 33.2. The van der Waals surface area contributed by atoms with Gasteiger partial charge < -0.3 is 20.9 Å². The minimum absolute atomic E-state index is 0.0758. The predicted octanol–water partition coefficient (Wildman–Crippen LogP) is 0.554. The number of carbonyl (C=O) groups excluding carboxylic acids is 2. The Morgan fingerprint density at radius 1 is 1.38 bits per heavy atom. The highest BCUT2D eigenvalue weighted by molar-refractivity contribution is 6.30. The molecule has 0 aromatic heterocycles. The van der Waals surface area contributed by atoms with Crippen LogP contribution in [0.2, 0.25) is 5.02 Å². The van der Waals surface area contributed by atoms with Gasteiger partial charge in [0.25, 0.3) is 5.91 Å². The van der Waals surface area contributed by atoms with Crippen LogP contribution in [0.25, 0.3) is 0 Å². The number of benzene rings is 1. The minimum Gasteiger partial charge on any atom is -0.484 e. The number of hydrogen-bond acceptors (Lipinski definition) is 4. The number of carboxylic acids is 1. The topological polar surface area (TPSA) is 119 Å². The molecule has 0 radical (unpaired) electrons. The van der Waals surface area contributed by atoms with Crippen LogP contribution in [0.4, 0.5) is 0 Å². The number of aliphatic carboxylic acids is 1. The maximum Gasteiger partial charge on any atom is 0.326 e. The number of nitrogens with two attached hydrogens (primary N) is 1. The van der Waals surface area contributed by atoms with Crippen molar-refractivity contribution in [1.82, 2.24) is 5.32 Å². The van der Waals surface area contributed by atoms with E-state index in [1.807, 2.05) is 0 Å². The largest absolute Gasteiger partial charge is 0.484 e. The van der Waals surface area contributed by atoms with E-state index in [2.05, 4.69) is 5.32 Å². The normalized spacial score (nSPS) is 11.5. The van der Waals surface area contributed by atoms with Gasteiger partial charge in [-0.1, -0.05) is 17.7 Å². The van der Waals surface area contributed by atoms with Crippen LogP contribution in [-0.2, 0) is 14.4 Å². The first-order valence-electron chi connectivity index (χ1n) is 6.07. The highest BCUT2D eigenvalue weighted by Gasteiger charge is 2.20. The van der Waals surface area contributed by atoms with E-state index in [0.717, 1.165) is 0 Å². The van der Waals surface area contributed by atoms with Crippen molar-refractivity contribution in [3.63, 3.8) is 0 Å². The molecule has 0 aliphatic heterocycles. The zero-order valence-corrected chi connectivity index (χ0v) is 11.8. The fourth-order valence-corrected chi connectivity index (χ4v) is 1.67. The number of rotatable bonds is 8. The quantitative estimate of drug-likeness (QED) is 0.647. The number of primary amides is 1. The number of nitrogens with one attached hydrogen (secondary N) is 1. The van der Waals surface area contributed by atoms with Crippen LogP contribution in [0.3, 0.4) is 0 Å². The van der Waals surface area contributed by atoms with E-state index in [9.17, 15) is 14.4 Å². The number of ether oxygens (including phenoxy) is 1. The van der Waals surface area contributed by atoms with Crippen molar-refractivity contribution in [1.29, 1.82) is 0 Å². The molecule has 0 unspecified atom stereocenters. The monoisotopic (exact) mass is 314 g/mol. The van der Waals surface area contributed by atoms with Gasteiger partial charge in [0.2, 0.25) is 5.91 Å². The van der Waals surface area contributed by atoms with E-state index in [-0.39, 0.29) is 19.4 Å². The molecule has 7 nitrogen and oxygen atoms in total. The minimum atomic E-state index is -1.24. The average Bonchev–Trinajstić information content (AvgIpc) is 2.40. The number of carboxylic acid groups (broad SMARTS) is 1. The summed E-state index contributed by atoms with van der Waals surface area (Å²) in [5, 5.41) is 11.6. The summed E-state index contributed by atoms with van der Waals surface area (Å²) in [5.41, 5.74) is 4.94. The van der Waals surface area contributed by atoms with Crippen LogP contribution in [0, 0.1) is 0 Å². The number of carbonyl (C=O) groups is 3. The lowest BCUT2D eigenvalue weighted by atomic mass is 10.1. The number of amides is 2. The lowest BCUT2D eigenvalue weighted by Crippen LogP contribution is -2.43. The molecule has 1 aromatic carbocycles. The van der Waals surface area contributed by atoms with E-state index < -0.39 is 23.8 Å². The van der Waals surface area contributed by atoms with Crippen LogP contribution in [-0.4, -0.2) is 35.5 Å². The maximum atomic E-state index is 11.6. The molecule has 0 fully saturated rings. The Morgan fingerprint density at radius 2 is 2.10 bits per heavy atom. The molecule has 114 valence electrons.